The number of ether oxygens (including phenoxy) is 1. The molecular weight excluding hydrogens is 352 g/mol. The molecule has 4 nitrogen and oxygen atoms in total. The third-order valence-corrected chi connectivity index (χ3v) is 4.97. The van der Waals surface area contributed by atoms with E-state index in [4.69, 9.17) is 9.84 Å². The Balaban J connectivity index is 1.90. The SMILES string of the molecule is C=C(CCOC(=O)C(=C)C(C)c1c2ccccc2cc2ccccc12)C(=O)O. The van der Waals surface area contributed by atoms with Gasteiger partial charge < -0.3 is 9.84 Å². The quantitative estimate of drug-likeness (QED) is 0.349. The molecule has 142 valence electrons. The topological polar surface area (TPSA) is 63.6 Å². The molecule has 1 atom stereocenters. The van der Waals surface area contributed by atoms with Crippen LogP contribution < -0.4 is 0 Å². The zero-order valence-electron chi connectivity index (χ0n) is 15.8. The van der Waals surface area contributed by atoms with Gasteiger partial charge in [0, 0.05) is 23.5 Å². The molecule has 0 aliphatic heterocycles. The molecule has 0 aromatic heterocycles. The van der Waals surface area contributed by atoms with Gasteiger partial charge in [-0.2, -0.15) is 0 Å². The summed E-state index contributed by atoms with van der Waals surface area (Å²) in [6, 6.07) is 18.3. The molecule has 0 aliphatic rings. The van der Waals surface area contributed by atoms with Crippen LogP contribution in [-0.4, -0.2) is 23.7 Å². The molecule has 3 aromatic rings. The van der Waals surface area contributed by atoms with Gasteiger partial charge >= 0.3 is 11.9 Å². The van der Waals surface area contributed by atoms with Gasteiger partial charge in [-0.15, -0.1) is 0 Å². The number of rotatable bonds is 7. The van der Waals surface area contributed by atoms with Crippen LogP contribution in [0.25, 0.3) is 21.5 Å². The van der Waals surface area contributed by atoms with Crippen LogP contribution in [0.5, 0.6) is 0 Å². The van der Waals surface area contributed by atoms with Gasteiger partial charge in [0.25, 0.3) is 0 Å². The molecule has 0 radical (unpaired) electrons. The fraction of sp³-hybridized carbons (Fsp3) is 0.167. The van der Waals surface area contributed by atoms with Gasteiger partial charge in [0.2, 0.25) is 0 Å². The average Bonchev–Trinajstić information content (AvgIpc) is 2.70. The summed E-state index contributed by atoms with van der Waals surface area (Å²) in [7, 11) is 0. The first-order valence-electron chi connectivity index (χ1n) is 9.07. The summed E-state index contributed by atoms with van der Waals surface area (Å²) in [6.45, 7) is 9.30. The molecule has 0 fully saturated rings. The van der Waals surface area contributed by atoms with Crippen LogP contribution in [0.3, 0.4) is 0 Å². The lowest BCUT2D eigenvalue weighted by Gasteiger charge is -2.19. The smallest absolute Gasteiger partial charge is 0.334 e. The van der Waals surface area contributed by atoms with E-state index in [9.17, 15) is 9.59 Å². The monoisotopic (exact) mass is 374 g/mol. The molecule has 0 bridgehead atoms. The van der Waals surface area contributed by atoms with E-state index in [-0.39, 0.29) is 24.5 Å². The third-order valence-electron chi connectivity index (χ3n) is 4.97. The van der Waals surface area contributed by atoms with E-state index < -0.39 is 11.9 Å². The molecular formula is C24H22O4. The zero-order valence-corrected chi connectivity index (χ0v) is 15.8. The number of carboxylic acids is 1. The largest absolute Gasteiger partial charge is 0.478 e. The molecule has 0 aliphatic carbocycles. The average molecular weight is 374 g/mol. The van der Waals surface area contributed by atoms with Gasteiger partial charge in [-0.1, -0.05) is 68.6 Å². The highest BCUT2D eigenvalue weighted by Gasteiger charge is 2.22. The molecule has 3 rings (SSSR count). The van der Waals surface area contributed by atoms with E-state index in [1.165, 1.54) is 0 Å². The molecule has 0 saturated heterocycles. The van der Waals surface area contributed by atoms with Crippen molar-refractivity contribution in [2.45, 2.75) is 19.3 Å². The Morgan fingerprint density at radius 1 is 1.00 bits per heavy atom. The van der Waals surface area contributed by atoms with E-state index >= 15 is 0 Å². The first-order valence-corrected chi connectivity index (χ1v) is 9.07. The van der Waals surface area contributed by atoms with Crippen molar-refractivity contribution in [1.82, 2.24) is 0 Å². The van der Waals surface area contributed by atoms with Gasteiger partial charge in [-0.05, 0) is 33.2 Å². The highest BCUT2D eigenvalue weighted by molar-refractivity contribution is 6.04. The van der Waals surface area contributed by atoms with Gasteiger partial charge in [-0.3, -0.25) is 0 Å². The second-order valence-corrected chi connectivity index (χ2v) is 6.77. The van der Waals surface area contributed by atoms with Crippen LogP contribution in [0.4, 0.5) is 0 Å². The van der Waals surface area contributed by atoms with Gasteiger partial charge in [0.15, 0.2) is 0 Å². The van der Waals surface area contributed by atoms with Crippen LogP contribution in [-0.2, 0) is 14.3 Å². The number of hydrogen-bond donors (Lipinski definition) is 1. The molecule has 28 heavy (non-hydrogen) atoms. The number of esters is 1. The first-order chi connectivity index (χ1) is 13.4. The van der Waals surface area contributed by atoms with Crippen molar-refractivity contribution >= 4 is 33.5 Å². The summed E-state index contributed by atoms with van der Waals surface area (Å²) in [5.41, 5.74) is 1.37. The van der Waals surface area contributed by atoms with E-state index in [1.54, 1.807) is 0 Å². The van der Waals surface area contributed by atoms with E-state index in [0.717, 1.165) is 27.1 Å². The van der Waals surface area contributed by atoms with Gasteiger partial charge in [0.05, 0.1) is 6.61 Å². The highest BCUT2D eigenvalue weighted by Crippen LogP contribution is 2.36. The van der Waals surface area contributed by atoms with Crippen molar-refractivity contribution in [1.29, 1.82) is 0 Å². The fourth-order valence-electron chi connectivity index (χ4n) is 3.33. The first kappa shape index (κ1) is 19.4. The zero-order chi connectivity index (χ0) is 20.3. The van der Waals surface area contributed by atoms with Crippen molar-refractivity contribution in [2.75, 3.05) is 6.61 Å². The summed E-state index contributed by atoms with van der Waals surface area (Å²) in [4.78, 5) is 23.3. The number of hydrogen-bond acceptors (Lipinski definition) is 3. The second kappa shape index (κ2) is 8.09. The van der Waals surface area contributed by atoms with Gasteiger partial charge in [-0.25, -0.2) is 9.59 Å². The Bertz CT molecular complexity index is 1040. The van der Waals surface area contributed by atoms with Crippen molar-refractivity contribution in [2.24, 2.45) is 0 Å². The Hall–Kier alpha value is -3.40. The molecule has 0 spiro atoms. The number of fused-ring (bicyclic) bond motifs is 2. The maximum Gasteiger partial charge on any atom is 0.334 e. The summed E-state index contributed by atoms with van der Waals surface area (Å²) in [5.74, 6) is -1.88. The predicted octanol–water partition coefficient (Wildman–Crippen LogP) is 5.23. The Labute approximate surface area is 163 Å². The summed E-state index contributed by atoms with van der Waals surface area (Å²) >= 11 is 0. The second-order valence-electron chi connectivity index (χ2n) is 6.77. The van der Waals surface area contributed by atoms with Crippen molar-refractivity contribution in [3.63, 3.8) is 0 Å². The van der Waals surface area contributed by atoms with Gasteiger partial charge in [0.1, 0.15) is 0 Å². The minimum atomic E-state index is -1.09. The Morgan fingerprint density at radius 2 is 1.54 bits per heavy atom. The van der Waals surface area contributed by atoms with E-state index in [2.05, 4.69) is 31.4 Å². The van der Waals surface area contributed by atoms with Crippen LogP contribution in [0.1, 0.15) is 24.8 Å². The van der Waals surface area contributed by atoms with Crippen molar-refractivity contribution in [3.05, 3.63) is 84.5 Å². The molecule has 1 N–H and O–H groups in total. The summed E-state index contributed by atoms with van der Waals surface area (Å²) in [5, 5.41) is 13.2. The maximum absolute atomic E-state index is 12.5. The van der Waals surface area contributed by atoms with Crippen LogP contribution >= 0.6 is 0 Å². The summed E-state index contributed by atoms with van der Waals surface area (Å²) in [6.07, 6.45) is 0.0833. The molecule has 1 unspecified atom stereocenters. The number of aliphatic carboxylic acids is 1. The van der Waals surface area contributed by atoms with Crippen molar-refractivity contribution < 1.29 is 19.4 Å². The minimum Gasteiger partial charge on any atom is -0.478 e. The summed E-state index contributed by atoms with van der Waals surface area (Å²) < 4.78 is 5.23. The van der Waals surface area contributed by atoms with E-state index in [0.29, 0.717) is 5.57 Å². The maximum atomic E-state index is 12.5. The lowest BCUT2D eigenvalue weighted by molar-refractivity contribution is -0.140. The predicted molar refractivity (Wildman–Crippen MR) is 111 cm³/mol. The molecule has 0 heterocycles. The molecule has 0 amide bonds. The van der Waals surface area contributed by atoms with Crippen LogP contribution in [0.2, 0.25) is 0 Å². The van der Waals surface area contributed by atoms with Crippen molar-refractivity contribution in [3.8, 4) is 0 Å². The van der Waals surface area contributed by atoms with Crippen LogP contribution in [0, 0.1) is 0 Å². The Morgan fingerprint density at radius 3 is 2.07 bits per heavy atom. The lowest BCUT2D eigenvalue weighted by atomic mass is 9.85. The fourth-order valence-corrected chi connectivity index (χ4v) is 3.33. The molecule has 4 heteroatoms. The standard InChI is InChI=1S/C24H22O4/c1-15(23(25)26)12-13-28-24(27)17(3)16(2)22-20-10-6-4-8-18(20)14-19-9-5-7-11-21(19)22/h4-11,14,16H,1,3,12-13H2,2H3,(H,25,26). The molecule has 0 saturated carbocycles. The molecule has 3 aromatic carbocycles. The normalized spacial score (nSPS) is 11.9. The Kier molecular flexibility index (Phi) is 5.59. The number of carbonyl (C=O) groups is 2. The van der Waals surface area contributed by atoms with Crippen LogP contribution in [0.15, 0.2) is 78.9 Å². The van der Waals surface area contributed by atoms with E-state index in [1.807, 2.05) is 43.3 Å². The number of carbonyl (C=O) groups excluding carboxylic acids is 1. The third kappa shape index (κ3) is 3.81. The number of carboxylic acid groups (broad SMARTS) is 1. The minimum absolute atomic E-state index is 0.00603. The highest BCUT2D eigenvalue weighted by atomic mass is 16.5. The lowest BCUT2D eigenvalue weighted by Crippen LogP contribution is -2.14. The number of benzene rings is 3.